The molecule has 1 N–H and O–H groups in total. The lowest BCUT2D eigenvalue weighted by atomic mass is 10.0. The minimum Gasteiger partial charge on any atom is -0.482 e. The Morgan fingerprint density at radius 3 is 2.16 bits per heavy atom. The molecule has 3 aromatic carbocycles. The molecule has 5 nitrogen and oxygen atoms in total. The summed E-state index contributed by atoms with van der Waals surface area (Å²) in [6.45, 7) is 7.95. The van der Waals surface area contributed by atoms with Crippen LogP contribution >= 0.6 is 0 Å². The summed E-state index contributed by atoms with van der Waals surface area (Å²) < 4.78 is 10.8. The van der Waals surface area contributed by atoms with Crippen LogP contribution < -0.4 is 14.8 Å². The second-order valence-electron chi connectivity index (χ2n) is 7.78. The van der Waals surface area contributed by atoms with E-state index in [0.717, 1.165) is 16.8 Å². The Balaban J connectivity index is 1.53. The van der Waals surface area contributed by atoms with Crippen molar-refractivity contribution in [3.05, 3.63) is 89.0 Å². The van der Waals surface area contributed by atoms with E-state index in [-0.39, 0.29) is 12.5 Å². The number of hydrogen-bond acceptors (Lipinski definition) is 4. The van der Waals surface area contributed by atoms with E-state index in [2.05, 4.69) is 19.2 Å². The fourth-order valence-corrected chi connectivity index (χ4v) is 2.99. The van der Waals surface area contributed by atoms with Crippen LogP contribution in [0.4, 0.5) is 5.69 Å². The Hall–Kier alpha value is -3.60. The second kappa shape index (κ2) is 9.94. The van der Waals surface area contributed by atoms with Crippen LogP contribution in [0.3, 0.4) is 0 Å². The molecule has 0 saturated heterocycles. The number of esters is 1. The molecule has 0 spiro atoms. The van der Waals surface area contributed by atoms with Gasteiger partial charge in [0.15, 0.2) is 6.61 Å². The highest BCUT2D eigenvalue weighted by Crippen LogP contribution is 2.20. The van der Waals surface area contributed by atoms with Crippen LogP contribution in [0, 0.1) is 13.8 Å². The summed E-state index contributed by atoms with van der Waals surface area (Å²) in [7, 11) is 0. The highest BCUT2D eigenvalue weighted by Gasteiger charge is 2.11. The molecule has 0 radical (unpaired) electrons. The van der Waals surface area contributed by atoms with Crippen molar-refractivity contribution in [2.75, 3.05) is 11.9 Å². The number of ether oxygens (including phenoxy) is 2. The largest absolute Gasteiger partial charge is 0.482 e. The van der Waals surface area contributed by atoms with Gasteiger partial charge in [-0.1, -0.05) is 38.1 Å². The van der Waals surface area contributed by atoms with Crippen molar-refractivity contribution in [2.45, 2.75) is 33.6 Å². The number of amides is 1. The summed E-state index contributed by atoms with van der Waals surface area (Å²) in [4.78, 5) is 24.6. The van der Waals surface area contributed by atoms with Gasteiger partial charge in [0.25, 0.3) is 5.91 Å². The van der Waals surface area contributed by atoms with Gasteiger partial charge >= 0.3 is 5.97 Å². The lowest BCUT2D eigenvalue weighted by molar-refractivity contribution is -0.136. The average Bonchev–Trinajstić information content (AvgIpc) is 2.75. The Morgan fingerprint density at radius 1 is 0.871 bits per heavy atom. The third-order valence-electron chi connectivity index (χ3n) is 4.89. The smallest absolute Gasteiger partial charge is 0.349 e. The molecule has 5 heteroatoms. The lowest BCUT2D eigenvalue weighted by Gasteiger charge is -2.10. The lowest BCUT2D eigenvalue weighted by Crippen LogP contribution is -2.18. The first-order chi connectivity index (χ1) is 14.8. The van der Waals surface area contributed by atoms with Crippen LogP contribution in [0.25, 0.3) is 0 Å². The molecule has 31 heavy (non-hydrogen) atoms. The molecule has 0 aliphatic carbocycles. The average molecular weight is 418 g/mol. The quantitative estimate of drug-likeness (QED) is 0.398. The van der Waals surface area contributed by atoms with E-state index in [1.165, 1.54) is 5.56 Å². The molecular weight excluding hydrogens is 390 g/mol. The van der Waals surface area contributed by atoms with Crippen molar-refractivity contribution in [2.24, 2.45) is 0 Å². The van der Waals surface area contributed by atoms with E-state index in [4.69, 9.17) is 9.47 Å². The zero-order valence-corrected chi connectivity index (χ0v) is 18.3. The van der Waals surface area contributed by atoms with Crippen molar-refractivity contribution in [3.8, 4) is 11.5 Å². The molecule has 0 heterocycles. The maximum atomic E-state index is 12.5. The van der Waals surface area contributed by atoms with Crippen LogP contribution in [-0.2, 0) is 4.79 Å². The van der Waals surface area contributed by atoms with E-state index in [1.54, 1.807) is 24.3 Å². The van der Waals surface area contributed by atoms with Gasteiger partial charge < -0.3 is 14.8 Å². The molecule has 0 aliphatic heterocycles. The Labute approximate surface area is 183 Å². The molecule has 0 fully saturated rings. The molecule has 0 aromatic heterocycles. The zero-order valence-electron chi connectivity index (χ0n) is 18.3. The Morgan fingerprint density at radius 2 is 1.52 bits per heavy atom. The molecule has 3 aromatic rings. The Kier molecular flexibility index (Phi) is 7.08. The van der Waals surface area contributed by atoms with E-state index in [1.807, 2.05) is 56.3 Å². The highest BCUT2D eigenvalue weighted by atomic mass is 16.6. The van der Waals surface area contributed by atoms with Crippen molar-refractivity contribution < 1.29 is 19.1 Å². The van der Waals surface area contributed by atoms with Gasteiger partial charge in [-0.2, -0.15) is 0 Å². The number of hydrogen-bond donors (Lipinski definition) is 1. The van der Waals surface area contributed by atoms with Gasteiger partial charge in [-0.15, -0.1) is 0 Å². The van der Waals surface area contributed by atoms with Gasteiger partial charge in [0.1, 0.15) is 11.5 Å². The van der Waals surface area contributed by atoms with Gasteiger partial charge in [0.05, 0.1) is 0 Å². The van der Waals surface area contributed by atoms with Crippen LogP contribution in [0.2, 0.25) is 0 Å². The molecule has 0 unspecified atom stereocenters. The standard InChI is InChI=1S/C26H27NO4/c1-17(2)20-7-11-22(12-8-20)30-16-25(28)31-23-13-9-21(10-14-23)26(29)27-24-15-18(3)5-6-19(24)4/h5-15,17H,16H2,1-4H3,(H,27,29). The summed E-state index contributed by atoms with van der Waals surface area (Å²) >= 11 is 0. The molecule has 0 atom stereocenters. The highest BCUT2D eigenvalue weighted by molar-refractivity contribution is 6.04. The number of carbonyl (C=O) groups is 2. The molecule has 0 aliphatic rings. The minimum absolute atomic E-state index is 0.199. The van der Waals surface area contributed by atoms with Gasteiger partial charge in [-0.25, -0.2) is 4.79 Å². The number of benzene rings is 3. The number of carbonyl (C=O) groups excluding carboxylic acids is 2. The molecule has 1 amide bonds. The van der Waals surface area contributed by atoms with Crippen molar-refractivity contribution in [3.63, 3.8) is 0 Å². The maximum Gasteiger partial charge on any atom is 0.349 e. The van der Waals surface area contributed by atoms with Crippen molar-refractivity contribution >= 4 is 17.6 Å². The first-order valence-corrected chi connectivity index (χ1v) is 10.2. The van der Waals surface area contributed by atoms with E-state index in [9.17, 15) is 9.59 Å². The van der Waals surface area contributed by atoms with E-state index in [0.29, 0.717) is 23.0 Å². The SMILES string of the molecule is Cc1ccc(C)c(NC(=O)c2ccc(OC(=O)COc3ccc(C(C)C)cc3)cc2)c1. The van der Waals surface area contributed by atoms with Crippen LogP contribution in [0.5, 0.6) is 11.5 Å². The van der Waals surface area contributed by atoms with Gasteiger partial charge in [0, 0.05) is 11.3 Å². The normalized spacial score (nSPS) is 10.6. The maximum absolute atomic E-state index is 12.5. The predicted octanol–water partition coefficient (Wildman–Crippen LogP) is 5.66. The molecule has 3 rings (SSSR count). The van der Waals surface area contributed by atoms with Gasteiger partial charge in [-0.05, 0) is 78.9 Å². The summed E-state index contributed by atoms with van der Waals surface area (Å²) in [5.74, 6) is 0.664. The third-order valence-corrected chi connectivity index (χ3v) is 4.89. The van der Waals surface area contributed by atoms with Crippen LogP contribution in [-0.4, -0.2) is 18.5 Å². The fraction of sp³-hybridized carbons (Fsp3) is 0.231. The fourth-order valence-electron chi connectivity index (χ4n) is 2.99. The zero-order chi connectivity index (χ0) is 22.4. The summed E-state index contributed by atoms with van der Waals surface area (Å²) in [6, 6.07) is 20.0. The van der Waals surface area contributed by atoms with Crippen LogP contribution in [0.15, 0.2) is 66.7 Å². The second-order valence-corrected chi connectivity index (χ2v) is 7.78. The topological polar surface area (TPSA) is 64.6 Å². The first kappa shape index (κ1) is 22.1. The number of aryl methyl sites for hydroxylation is 2. The summed E-state index contributed by atoms with van der Waals surface area (Å²) in [5.41, 5.74) is 4.52. The van der Waals surface area contributed by atoms with E-state index < -0.39 is 5.97 Å². The van der Waals surface area contributed by atoms with Gasteiger partial charge in [0.2, 0.25) is 0 Å². The van der Waals surface area contributed by atoms with Gasteiger partial charge in [-0.3, -0.25) is 4.79 Å². The number of anilines is 1. The molecule has 0 bridgehead atoms. The summed E-state index contributed by atoms with van der Waals surface area (Å²) in [5, 5.41) is 2.91. The molecule has 160 valence electrons. The number of nitrogens with one attached hydrogen (secondary N) is 1. The monoisotopic (exact) mass is 417 g/mol. The number of rotatable bonds is 7. The summed E-state index contributed by atoms with van der Waals surface area (Å²) in [6.07, 6.45) is 0. The van der Waals surface area contributed by atoms with Crippen molar-refractivity contribution in [1.29, 1.82) is 0 Å². The minimum atomic E-state index is -0.513. The first-order valence-electron chi connectivity index (χ1n) is 10.2. The molecular formula is C26H27NO4. The van der Waals surface area contributed by atoms with Crippen LogP contribution in [0.1, 0.15) is 46.8 Å². The van der Waals surface area contributed by atoms with E-state index >= 15 is 0 Å². The predicted molar refractivity (Wildman–Crippen MR) is 122 cm³/mol. The van der Waals surface area contributed by atoms with Crippen molar-refractivity contribution in [1.82, 2.24) is 0 Å². The Bertz CT molecular complexity index is 1050. The molecule has 0 saturated carbocycles. The third kappa shape index (κ3) is 6.19.